The molecule has 0 saturated heterocycles. The second-order valence-electron chi connectivity index (χ2n) is 4.53. The molecule has 1 aliphatic heterocycles. The van der Waals surface area contributed by atoms with Crippen LogP contribution in [0.1, 0.15) is 36.3 Å². The maximum atomic E-state index is 13.9. The number of hydrogen-bond donors (Lipinski definition) is 0. The van der Waals surface area contributed by atoms with Crippen molar-refractivity contribution < 1.29 is 9.13 Å². The van der Waals surface area contributed by atoms with E-state index in [9.17, 15) is 4.39 Å². The van der Waals surface area contributed by atoms with Crippen LogP contribution < -0.4 is 0 Å². The molecule has 84 valence electrons. The Morgan fingerprint density at radius 1 is 1.25 bits per heavy atom. The molecule has 1 fully saturated rings. The Morgan fingerprint density at radius 2 is 2.12 bits per heavy atom. The molecule has 1 heterocycles. The van der Waals surface area contributed by atoms with E-state index in [2.05, 4.69) is 6.07 Å². The van der Waals surface area contributed by atoms with E-state index in [-0.39, 0.29) is 5.82 Å². The Balaban J connectivity index is 2.06. The Kier molecular flexibility index (Phi) is 2.52. The van der Waals surface area contributed by atoms with Gasteiger partial charge in [0.1, 0.15) is 5.82 Å². The lowest BCUT2D eigenvalue weighted by molar-refractivity contribution is 0.161. The lowest BCUT2D eigenvalue weighted by Gasteiger charge is -2.17. The first kappa shape index (κ1) is 10.0. The predicted molar refractivity (Wildman–Crippen MR) is 61.8 cm³/mol. The average molecular weight is 218 g/mol. The molecule has 1 nitrogen and oxygen atoms in total. The lowest BCUT2D eigenvalue weighted by atomic mass is 9.93. The topological polar surface area (TPSA) is 9.23 Å². The predicted octanol–water partition coefficient (Wildman–Crippen LogP) is 3.51. The van der Waals surface area contributed by atoms with Gasteiger partial charge in [0, 0.05) is 5.56 Å². The monoisotopic (exact) mass is 218 g/mol. The van der Waals surface area contributed by atoms with Crippen LogP contribution in [0.4, 0.5) is 4.39 Å². The van der Waals surface area contributed by atoms with Crippen molar-refractivity contribution in [3.05, 3.63) is 41.2 Å². The third-order valence-electron chi connectivity index (χ3n) is 3.35. The molecule has 2 heteroatoms. The van der Waals surface area contributed by atoms with Gasteiger partial charge in [-0.2, -0.15) is 0 Å². The van der Waals surface area contributed by atoms with Crippen LogP contribution in [-0.2, 0) is 4.74 Å². The van der Waals surface area contributed by atoms with Gasteiger partial charge in [-0.25, -0.2) is 4.39 Å². The average Bonchev–Trinajstić information content (AvgIpc) is 3.14. The van der Waals surface area contributed by atoms with Gasteiger partial charge in [0.05, 0.1) is 13.2 Å². The van der Waals surface area contributed by atoms with Gasteiger partial charge in [-0.1, -0.05) is 18.2 Å². The van der Waals surface area contributed by atoms with Gasteiger partial charge in [-0.3, -0.25) is 0 Å². The molecular weight excluding hydrogens is 203 g/mol. The molecule has 0 amide bonds. The summed E-state index contributed by atoms with van der Waals surface area (Å²) in [4.78, 5) is 0. The van der Waals surface area contributed by atoms with Gasteiger partial charge < -0.3 is 4.74 Å². The molecule has 1 aliphatic carbocycles. The maximum absolute atomic E-state index is 13.9. The highest BCUT2D eigenvalue weighted by Crippen LogP contribution is 2.44. The highest BCUT2D eigenvalue weighted by Gasteiger charge is 2.28. The summed E-state index contributed by atoms with van der Waals surface area (Å²) >= 11 is 0. The van der Waals surface area contributed by atoms with E-state index in [0.29, 0.717) is 19.1 Å². The first-order valence-electron chi connectivity index (χ1n) is 5.92. The van der Waals surface area contributed by atoms with Gasteiger partial charge in [-0.15, -0.1) is 0 Å². The normalized spacial score (nSPS) is 20.7. The van der Waals surface area contributed by atoms with E-state index in [4.69, 9.17) is 4.74 Å². The van der Waals surface area contributed by atoms with Gasteiger partial charge in [-0.05, 0) is 42.4 Å². The third kappa shape index (κ3) is 1.78. The summed E-state index contributed by atoms with van der Waals surface area (Å²) < 4.78 is 19.2. The maximum Gasteiger partial charge on any atom is 0.130 e. The summed E-state index contributed by atoms with van der Waals surface area (Å²) in [5, 5.41) is 0. The fourth-order valence-electron chi connectivity index (χ4n) is 2.37. The summed E-state index contributed by atoms with van der Waals surface area (Å²) in [7, 11) is 0. The highest BCUT2D eigenvalue weighted by atomic mass is 19.1. The summed E-state index contributed by atoms with van der Waals surface area (Å²) in [6.07, 6.45) is 5.27. The van der Waals surface area contributed by atoms with Crippen molar-refractivity contribution in [2.45, 2.75) is 25.2 Å². The molecule has 0 bridgehead atoms. The van der Waals surface area contributed by atoms with Crippen LogP contribution in [0, 0.1) is 5.82 Å². The molecule has 3 rings (SSSR count). The number of halogens is 1. The molecular formula is C14H15FO. The zero-order valence-corrected chi connectivity index (χ0v) is 9.21. The smallest absolute Gasteiger partial charge is 0.130 e. The van der Waals surface area contributed by atoms with Gasteiger partial charge in [0.25, 0.3) is 0 Å². The largest absolute Gasteiger partial charge is 0.377 e. The van der Waals surface area contributed by atoms with Crippen molar-refractivity contribution in [3.63, 3.8) is 0 Å². The second kappa shape index (κ2) is 4.02. The van der Waals surface area contributed by atoms with Crippen LogP contribution in [0.3, 0.4) is 0 Å². The van der Waals surface area contributed by atoms with Crippen molar-refractivity contribution in [2.75, 3.05) is 13.2 Å². The molecule has 0 N–H and O–H groups in total. The van der Waals surface area contributed by atoms with Crippen LogP contribution in [0.2, 0.25) is 0 Å². The second-order valence-corrected chi connectivity index (χ2v) is 4.53. The van der Waals surface area contributed by atoms with E-state index in [1.807, 2.05) is 12.1 Å². The zero-order chi connectivity index (χ0) is 11.0. The standard InChI is InChI=1S/C14H15FO/c15-13-3-1-2-12(10-4-5-10)14(13)11-6-8-16-9-7-11/h1-3,6,10H,4-5,7-9H2. The Labute approximate surface area is 94.9 Å². The van der Waals surface area contributed by atoms with Crippen LogP contribution in [0.5, 0.6) is 0 Å². The summed E-state index contributed by atoms with van der Waals surface area (Å²) in [6, 6.07) is 5.47. The lowest BCUT2D eigenvalue weighted by Crippen LogP contribution is -2.06. The van der Waals surface area contributed by atoms with Crippen LogP contribution in [0.25, 0.3) is 5.57 Å². The molecule has 0 atom stereocenters. The fourth-order valence-corrected chi connectivity index (χ4v) is 2.37. The van der Waals surface area contributed by atoms with Gasteiger partial charge in [0.15, 0.2) is 0 Å². The van der Waals surface area contributed by atoms with Crippen molar-refractivity contribution in [2.24, 2.45) is 0 Å². The molecule has 0 unspecified atom stereocenters. The molecule has 2 aliphatic rings. The van der Waals surface area contributed by atoms with E-state index in [1.165, 1.54) is 18.4 Å². The number of benzene rings is 1. The first-order chi connectivity index (χ1) is 7.86. The summed E-state index contributed by atoms with van der Waals surface area (Å²) in [5.74, 6) is 0.520. The Morgan fingerprint density at radius 3 is 2.81 bits per heavy atom. The van der Waals surface area contributed by atoms with Crippen LogP contribution >= 0.6 is 0 Å². The zero-order valence-electron chi connectivity index (χ0n) is 9.21. The van der Waals surface area contributed by atoms with Crippen LogP contribution in [0.15, 0.2) is 24.3 Å². The Bertz CT molecular complexity index is 432. The van der Waals surface area contributed by atoms with Crippen molar-refractivity contribution in [1.82, 2.24) is 0 Å². The minimum absolute atomic E-state index is 0.0717. The highest BCUT2D eigenvalue weighted by molar-refractivity contribution is 5.70. The molecule has 0 spiro atoms. The molecule has 1 aromatic rings. The van der Waals surface area contributed by atoms with Gasteiger partial charge >= 0.3 is 0 Å². The minimum atomic E-state index is -0.0717. The molecule has 1 saturated carbocycles. The minimum Gasteiger partial charge on any atom is -0.377 e. The molecule has 0 aromatic heterocycles. The SMILES string of the molecule is Fc1cccc(C2CC2)c1C1=CCOCC1. The van der Waals surface area contributed by atoms with E-state index < -0.39 is 0 Å². The molecule has 1 aromatic carbocycles. The first-order valence-corrected chi connectivity index (χ1v) is 5.92. The number of ether oxygens (including phenoxy) is 1. The summed E-state index contributed by atoms with van der Waals surface area (Å²) in [6.45, 7) is 1.33. The molecule has 0 radical (unpaired) electrons. The van der Waals surface area contributed by atoms with Gasteiger partial charge in [0.2, 0.25) is 0 Å². The van der Waals surface area contributed by atoms with Crippen molar-refractivity contribution >= 4 is 5.57 Å². The van der Waals surface area contributed by atoms with Crippen molar-refractivity contribution in [3.8, 4) is 0 Å². The van der Waals surface area contributed by atoms with Crippen LogP contribution in [-0.4, -0.2) is 13.2 Å². The third-order valence-corrected chi connectivity index (χ3v) is 3.35. The van der Waals surface area contributed by atoms with Crippen molar-refractivity contribution in [1.29, 1.82) is 0 Å². The number of hydrogen-bond acceptors (Lipinski definition) is 1. The summed E-state index contributed by atoms with van der Waals surface area (Å²) in [5.41, 5.74) is 3.19. The van der Waals surface area contributed by atoms with E-state index >= 15 is 0 Å². The van der Waals surface area contributed by atoms with E-state index in [1.54, 1.807) is 6.07 Å². The Hall–Kier alpha value is -1.15. The van der Waals surface area contributed by atoms with E-state index in [0.717, 1.165) is 17.6 Å². The fraction of sp³-hybridized carbons (Fsp3) is 0.429. The number of rotatable bonds is 2. The quantitative estimate of drug-likeness (QED) is 0.738. The molecule has 16 heavy (non-hydrogen) atoms.